The highest BCUT2D eigenvalue weighted by Crippen LogP contribution is 2.35. The zero-order chi connectivity index (χ0) is 24.7. The van der Waals surface area contributed by atoms with Crippen LogP contribution in [-0.2, 0) is 13.0 Å². The van der Waals surface area contributed by atoms with Gasteiger partial charge in [0.1, 0.15) is 19.6 Å². The largest absolute Gasteiger partial charge is 0.633 e. The minimum absolute atomic E-state index is 0.257. The topological polar surface area (TPSA) is 64.6 Å². The highest BCUT2D eigenvalue weighted by Gasteiger charge is 2.21. The summed E-state index contributed by atoms with van der Waals surface area (Å²) in [5.74, 6) is 1.37. The van der Waals surface area contributed by atoms with Crippen LogP contribution in [0.15, 0.2) is 12.1 Å². The second-order valence-electron chi connectivity index (χ2n) is 10.1. The third-order valence-electron chi connectivity index (χ3n) is 6.18. The smallest absolute Gasteiger partial charge is 0.169 e. The van der Waals surface area contributed by atoms with Gasteiger partial charge in [0.05, 0.1) is 40.4 Å². The van der Waals surface area contributed by atoms with Crippen molar-refractivity contribution in [2.24, 2.45) is 0 Å². The van der Waals surface area contributed by atoms with Crippen molar-refractivity contribution >= 4 is 0 Å². The Kier molecular flexibility index (Phi) is 14.0. The molecule has 1 rings (SSSR count). The molecule has 1 atom stereocenters. The third kappa shape index (κ3) is 13.2. The molecule has 1 aromatic rings. The first-order chi connectivity index (χ1) is 15.6. The lowest BCUT2D eigenvalue weighted by molar-refractivity contribution is -0.916. The molecule has 0 heterocycles. The molecule has 6 heteroatoms. The summed E-state index contributed by atoms with van der Waals surface area (Å²) in [6.45, 7) is 5.76. The number of hydrogen-bond donors (Lipinski definition) is 0. The predicted octanol–water partition coefficient (Wildman–Crippen LogP) is 6.58. The fraction of sp³-hybridized carbons (Fsp3) is 0.778. The van der Waals surface area contributed by atoms with Gasteiger partial charge in [0.15, 0.2) is 11.5 Å². The number of likely N-dealkylation sites (N-methyl/N-ethyl adjacent to an activating group) is 2. The van der Waals surface area contributed by atoms with E-state index >= 15 is 0 Å². The number of ether oxygens (including phenoxy) is 2. The maximum Gasteiger partial charge on any atom is 0.169 e. The Morgan fingerprint density at radius 1 is 0.788 bits per heavy atom. The summed E-state index contributed by atoms with van der Waals surface area (Å²) in [7, 11) is 6.42. The average Bonchev–Trinajstić information content (AvgIpc) is 2.76. The minimum atomic E-state index is -0.505. The van der Waals surface area contributed by atoms with E-state index in [1.165, 1.54) is 51.4 Å². The molecule has 1 aromatic carbocycles. The van der Waals surface area contributed by atoms with Crippen molar-refractivity contribution in [3.8, 4) is 11.5 Å². The Hall–Kier alpha value is -1.34. The van der Waals surface area contributed by atoms with Crippen LogP contribution in [0, 0.1) is 10.4 Å². The molecule has 0 bridgehead atoms. The molecular weight excluding hydrogens is 416 g/mol. The summed E-state index contributed by atoms with van der Waals surface area (Å²) in [6, 6.07) is 4.06. The molecule has 1 unspecified atom stereocenters. The Morgan fingerprint density at radius 3 is 1.88 bits per heavy atom. The van der Waals surface area contributed by atoms with Crippen LogP contribution in [0.25, 0.3) is 0 Å². The first kappa shape index (κ1) is 29.7. The van der Waals surface area contributed by atoms with Crippen LogP contribution in [0.3, 0.4) is 0 Å². The standard InChI is InChI=1S/C27H50N2O4/c1-7-9-10-11-12-13-14-15-16-17-20-33-27-25(21-24(8-2)22-26(27)32-6)23-29(5,31)19-18-28(3,4)30/h21-22H,7-20,23H2,1-6H3. The predicted molar refractivity (Wildman–Crippen MR) is 138 cm³/mol. The molecule has 0 saturated heterocycles. The molecule has 0 radical (unpaired) electrons. The van der Waals surface area contributed by atoms with Crippen molar-refractivity contribution in [1.82, 2.24) is 0 Å². The van der Waals surface area contributed by atoms with Crippen molar-refractivity contribution in [3.05, 3.63) is 33.7 Å². The molecule has 0 fully saturated rings. The summed E-state index contributed by atoms with van der Waals surface area (Å²) in [6.07, 6.45) is 13.7. The monoisotopic (exact) mass is 466 g/mol. The maximum absolute atomic E-state index is 13.1. The van der Waals surface area contributed by atoms with Crippen molar-refractivity contribution in [2.75, 3.05) is 47.9 Å². The van der Waals surface area contributed by atoms with Gasteiger partial charge in [-0.1, -0.05) is 71.6 Å². The number of hydroxylamine groups is 6. The van der Waals surface area contributed by atoms with Crippen LogP contribution in [0.4, 0.5) is 0 Å². The molecule has 0 aliphatic carbocycles. The first-order valence-electron chi connectivity index (χ1n) is 13.0. The van der Waals surface area contributed by atoms with E-state index in [2.05, 4.69) is 19.9 Å². The SMILES string of the molecule is CCCCCCCCCCCCOc1c(C[N+](C)([O-])CC[N+](C)(C)[O-])cc(CC)cc1OC. The Bertz CT molecular complexity index is 656. The van der Waals surface area contributed by atoms with Crippen LogP contribution in [0.1, 0.15) is 89.2 Å². The summed E-state index contributed by atoms with van der Waals surface area (Å²) in [5, 5.41) is 25.1. The average molecular weight is 467 g/mol. The van der Waals surface area contributed by atoms with E-state index in [4.69, 9.17) is 9.47 Å². The number of nitrogens with zero attached hydrogens (tertiary/aromatic N) is 2. The van der Waals surface area contributed by atoms with Crippen LogP contribution >= 0.6 is 0 Å². The molecule has 192 valence electrons. The molecule has 0 amide bonds. The van der Waals surface area contributed by atoms with Gasteiger partial charge in [0, 0.05) is 0 Å². The van der Waals surface area contributed by atoms with Gasteiger partial charge < -0.3 is 29.2 Å². The third-order valence-corrected chi connectivity index (χ3v) is 6.18. The lowest BCUT2D eigenvalue weighted by atomic mass is 10.1. The minimum Gasteiger partial charge on any atom is -0.633 e. The van der Waals surface area contributed by atoms with Crippen molar-refractivity contribution < 1.29 is 18.8 Å². The lowest BCUT2D eigenvalue weighted by Crippen LogP contribution is -2.46. The second kappa shape index (κ2) is 15.5. The maximum atomic E-state index is 13.1. The van der Waals surface area contributed by atoms with Gasteiger partial charge in [0.25, 0.3) is 0 Å². The Morgan fingerprint density at radius 2 is 1.36 bits per heavy atom. The first-order valence-corrected chi connectivity index (χ1v) is 13.0. The van der Waals surface area contributed by atoms with E-state index in [-0.39, 0.29) is 19.6 Å². The Labute approximate surface area is 203 Å². The highest BCUT2D eigenvalue weighted by molar-refractivity contribution is 5.49. The second-order valence-corrected chi connectivity index (χ2v) is 10.1. The number of aryl methyl sites for hydroxylation is 1. The van der Waals surface area contributed by atoms with E-state index < -0.39 is 9.29 Å². The summed E-state index contributed by atoms with van der Waals surface area (Å²) >= 11 is 0. The fourth-order valence-corrected chi connectivity index (χ4v) is 4.02. The summed E-state index contributed by atoms with van der Waals surface area (Å²) < 4.78 is 10.8. The van der Waals surface area contributed by atoms with Gasteiger partial charge in [-0.3, -0.25) is 0 Å². The molecule has 0 spiro atoms. The van der Waals surface area contributed by atoms with E-state index in [9.17, 15) is 10.4 Å². The van der Waals surface area contributed by atoms with Crippen molar-refractivity contribution in [1.29, 1.82) is 0 Å². The molecule has 0 N–H and O–H groups in total. The molecule has 0 aliphatic heterocycles. The van der Waals surface area contributed by atoms with Gasteiger partial charge in [0.2, 0.25) is 0 Å². The van der Waals surface area contributed by atoms with Gasteiger partial charge in [-0.05, 0) is 30.5 Å². The molecular formula is C27H50N2O4. The van der Waals surface area contributed by atoms with Gasteiger partial charge in [-0.2, -0.15) is 0 Å². The van der Waals surface area contributed by atoms with Crippen LogP contribution in [-0.4, -0.2) is 57.2 Å². The van der Waals surface area contributed by atoms with Gasteiger partial charge in [-0.15, -0.1) is 0 Å². The van der Waals surface area contributed by atoms with Crippen LogP contribution < -0.4 is 9.47 Å². The Balaban J connectivity index is 2.62. The molecule has 33 heavy (non-hydrogen) atoms. The molecule has 0 aliphatic rings. The van der Waals surface area contributed by atoms with E-state index in [1.54, 1.807) is 28.3 Å². The zero-order valence-corrected chi connectivity index (χ0v) is 22.3. The van der Waals surface area contributed by atoms with Crippen LogP contribution in [0.5, 0.6) is 11.5 Å². The number of benzene rings is 1. The lowest BCUT2D eigenvalue weighted by Gasteiger charge is -2.43. The molecule has 6 nitrogen and oxygen atoms in total. The fourth-order valence-electron chi connectivity index (χ4n) is 4.02. The van der Waals surface area contributed by atoms with Crippen molar-refractivity contribution in [2.45, 2.75) is 91.0 Å². The highest BCUT2D eigenvalue weighted by atomic mass is 16.6. The van der Waals surface area contributed by atoms with Gasteiger partial charge in [-0.25, -0.2) is 0 Å². The summed E-state index contributed by atoms with van der Waals surface area (Å²) in [5.41, 5.74) is 1.99. The summed E-state index contributed by atoms with van der Waals surface area (Å²) in [4.78, 5) is 0. The normalized spacial score (nSPS) is 13.7. The van der Waals surface area contributed by atoms with E-state index in [0.29, 0.717) is 18.1 Å². The quantitative estimate of drug-likeness (QED) is 0.131. The molecule has 0 saturated carbocycles. The van der Waals surface area contributed by atoms with Crippen LogP contribution in [0.2, 0.25) is 0 Å². The number of methoxy groups -OCH3 is 1. The number of unbranched alkanes of at least 4 members (excludes halogenated alkanes) is 9. The van der Waals surface area contributed by atoms with E-state index in [0.717, 1.165) is 30.4 Å². The number of hydrogen-bond acceptors (Lipinski definition) is 4. The van der Waals surface area contributed by atoms with Gasteiger partial charge >= 0.3 is 0 Å². The van der Waals surface area contributed by atoms with Crippen molar-refractivity contribution in [3.63, 3.8) is 0 Å². The van der Waals surface area contributed by atoms with E-state index in [1.807, 2.05) is 6.07 Å². The number of rotatable bonds is 19. The zero-order valence-electron chi connectivity index (χ0n) is 22.3. The molecule has 0 aromatic heterocycles. The number of quaternary nitrogens is 2.